The Morgan fingerprint density at radius 2 is 2.06 bits per heavy atom. The van der Waals surface area contributed by atoms with Crippen LogP contribution in [0.15, 0.2) is 41.1 Å². The molecule has 5 heteroatoms. The van der Waals surface area contributed by atoms with Gasteiger partial charge in [0.25, 0.3) is 0 Å². The SMILES string of the molecule is NC(c1ccncc1F)c1cc(I)ccc1Br. The van der Waals surface area contributed by atoms with Crippen molar-refractivity contribution in [2.24, 2.45) is 5.73 Å². The van der Waals surface area contributed by atoms with Crippen molar-refractivity contribution in [1.29, 1.82) is 0 Å². The van der Waals surface area contributed by atoms with Crippen molar-refractivity contribution in [3.8, 4) is 0 Å². The molecule has 0 aliphatic carbocycles. The third-order valence-electron chi connectivity index (χ3n) is 2.43. The Balaban J connectivity index is 2.47. The summed E-state index contributed by atoms with van der Waals surface area (Å²) in [6, 6.07) is 6.92. The topological polar surface area (TPSA) is 38.9 Å². The highest BCUT2D eigenvalue weighted by atomic mass is 127. The number of halogens is 3. The lowest BCUT2D eigenvalue weighted by molar-refractivity contribution is 0.593. The van der Waals surface area contributed by atoms with Gasteiger partial charge < -0.3 is 5.73 Å². The van der Waals surface area contributed by atoms with Crippen molar-refractivity contribution in [3.63, 3.8) is 0 Å². The van der Waals surface area contributed by atoms with E-state index in [0.29, 0.717) is 5.56 Å². The van der Waals surface area contributed by atoms with Crippen molar-refractivity contribution in [2.75, 3.05) is 0 Å². The van der Waals surface area contributed by atoms with Gasteiger partial charge in [-0.2, -0.15) is 0 Å². The highest BCUT2D eigenvalue weighted by Gasteiger charge is 2.16. The monoisotopic (exact) mass is 406 g/mol. The first-order valence-electron chi connectivity index (χ1n) is 4.89. The van der Waals surface area contributed by atoms with E-state index in [0.717, 1.165) is 13.6 Å². The van der Waals surface area contributed by atoms with Gasteiger partial charge in [-0.3, -0.25) is 4.98 Å². The van der Waals surface area contributed by atoms with Crippen molar-refractivity contribution >= 4 is 38.5 Å². The molecule has 2 nitrogen and oxygen atoms in total. The number of rotatable bonds is 2. The molecule has 1 heterocycles. The molecule has 0 radical (unpaired) electrons. The maximum absolute atomic E-state index is 13.6. The second-order valence-corrected chi connectivity index (χ2v) is 5.64. The number of benzene rings is 1. The summed E-state index contributed by atoms with van der Waals surface area (Å²) in [5.74, 6) is -0.384. The molecule has 0 saturated heterocycles. The van der Waals surface area contributed by atoms with Gasteiger partial charge in [-0.1, -0.05) is 15.9 Å². The molecular weight excluding hydrogens is 398 g/mol. The molecule has 0 fully saturated rings. The quantitative estimate of drug-likeness (QED) is 0.773. The fourth-order valence-electron chi connectivity index (χ4n) is 1.56. The number of aromatic nitrogens is 1. The Labute approximate surface area is 121 Å². The highest BCUT2D eigenvalue weighted by molar-refractivity contribution is 14.1. The van der Waals surface area contributed by atoms with E-state index in [1.54, 1.807) is 12.3 Å². The Hall–Kier alpha value is -0.530. The fourth-order valence-corrected chi connectivity index (χ4v) is 2.57. The summed E-state index contributed by atoms with van der Waals surface area (Å²) < 4.78 is 15.5. The summed E-state index contributed by atoms with van der Waals surface area (Å²) in [6.45, 7) is 0. The van der Waals surface area contributed by atoms with Crippen LogP contribution < -0.4 is 5.73 Å². The summed E-state index contributed by atoms with van der Waals surface area (Å²) in [5.41, 5.74) is 7.40. The van der Waals surface area contributed by atoms with Gasteiger partial charge in [0.05, 0.1) is 12.2 Å². The lowest BCUT2D eigenvalue weighted by Crippen LogP contribution is -2.14. The average molecular weight is 407 g/mol. The maximum Gasteiger partial charge on any atom is 0.146 e. The molecule has 1 aromatic carbocycles. The first-order valence-corrected chi connectivity index (χ1v) is 6.76. The van der Waals surface area contributed by atoms with Crippen LogP contribution in [0, 0.1) is 9.39 Å². The van der Waals surface area contributed by atoms with E-state index >= 15 is 0 Å². The van der Waals surface area contributed by atoms with Gasteiger partial charge in [-0.15, -0.1) is 0 Å². The Morgan fingerprint density at radius 1 is 1.29 bits per heavy atom. The van der Waals surface area contributed by atoms with Crippen LogP contribution in [0.3, 0.4) is 0 Å². The van der Waals surface area contributed by atoms with Gasteiger partial charge in [-0.25, -0.2) is 4.39 Å². The first-order chi connectivity index (χ1) is 8.09. The van der Waals surface area contributed by atoms with Crippen molar-refractivity contribution < 1.29 is 4.39 Å². The summed E-state index contributed by atoms with van der Waals surface area (Å²) in [4.78, 5) is 3.72. The molecule has 1 aromatic heterocycles. The second-order valence-electron chi connectivity index (χ2n) is 3.54. The zero-order chi connectivity index (χ0) is 12.4. The van der Waals surface area contributed by atoms with Crippen molar-refractivity contribution in [1.82, 2.24) is 4.98 Å². The van der Waals surface area contributed by atoms with E-state index in [1.165, 1.54) is 6.20 Å². The number of nitrogens with two attached hydrogens (primary N) is 1. The van der Waals surface area contributed by atoms with Crippen LogP contribution in [-0.4, -0.2) is 4.98 Å². The van der Waals surface area contributed by atoms with E-state index in [-0.39, 0.29) is 5.82 Å². The van der Waals surface area contributed by atoms with Crippen molar-refractivity contribution in [3.05, 3.63) is 61.6 Å². The van der Waals surface area contributed by atoms with E-state index in [9.17, 15) is 4.39 Å². The molecule has 17 heavy (non-hydrogen) atoms. The average Bonchev–Trinajstić information content (AvgIpc) is 2.32. The zero-order valence-corrected chi connectivity index (χ0v) is 12.4. The Kier molecular flexibility index (Phi) is 4.11. The van der Waals surface area contributed by atoms with Crippen LogP contribution in [0.25, 0.3) is 0 Å². The van der Waals surface area contributed by atoms with E-state index < -0.39 is 6.04 Å². The highest BCUT2D eigenvalue weighted by Crippen LogP contribution is 2.29. The van der Waals surface area contributed by atoms with Gasteiger partial charge in [-0.05, 0) is 52.4 Å². The van der Waals surface area contributed by atoms with Crippen LogP contribution in [0.1, 0.15) is 17.2 Å². The molecule has 0 saturated carbocycles. The third-order valence-corrected chi connectivity index (χ3v) is 3.83. The van der Waals surface area contributed by atoms with Gasteiger partial charge in [0.1, 0.15) is 5.82 Å². The second kappa shape index (κ2) is 5.41. The predicted octanol–water partition coefficient (Wildman–Crippen LogP) is 3.64. The minimum Gasteiger partial charge on any atom is -0.320 e. The number of hydrogen-bond donors (Lipinski definition) is 1. The van der Waals surface area contributed by atoms with E-state index in [2.05, 4.69) is 43.5 Å². The smallest absolute Gasteiger partial charge is 0.146 e. The molecule has 2 N–H and O–H groups in total. The first kappa shape index (κ1) is 12.9. The van der Waals surface area contributed by atoms with Gasteiger partial charge in [0, 0.05) is 19.8 Å². The normalized spacial score (nSPS) is 12.5. The minimum absolute atomic E-state index is 0.384. The largest absolute Gasteiger partial charge is 0.320 e. The molecule has 1 atom stereocenters. The van der Waals surface area contributed by atoms with Gasteiger partial charge in [0.15, 0.2) is 0 Å². The summed E-state index contributed by atoms with van der Waals surface area (Å²) >= 11 is 5.63. The molecule has 88 valence electrons. The Bertz CT molecular complexity index is 548. The standard InChI is InChI=1S/C12H9BrFIN2/c13-10-2-1-7(15)5-9(10)12(16)8-3-4-17-6-11(8)14/h1-6,12H,16H2. The molecule has 0 aliphatic rings. The molecule has 0 spiro atoms. The fraction of sp³-hybridized carbons (Fsp3) is 0.0833. The van der Waals surface area contributed by atoms with Gasteiger partial charge in [0.2, 0.25) is 0 Å². The molecule has 2 rings (SSSR count). The molecule has 2 aromatic rings. The van der Waals surface area contributed by atoms with Crippen LogP contribution in [0.5, 0.6) is 0 Å². The summed E-state index contributed by atoms with van der Waals surface area (Å²) in [5, 5.41) is 0. The maximum atomic E-state index is 13.6. The molecular formula is C12H9BrFIN2. The molecule has 0 aliphatic heterocycles. The van der Waals surface area contributed by atoms with E-state index in [4.69, 9.17) is 5.73 Å². The molecule has 0 bridgehead atoms. The molecule has 1 unspecified atom stereocenters. The predicted molar refractivity (Wildman–Crippen MR) is 77.1 cm³/mol. The van der Waals surface area contributed by atoms with Gasteiger partial charge >= 0.3 is 0 Å². The molecule has 0 amide bonds. The lowest BCUT2D eigenvalue weighted by Gasteiger charge is -2.15. The number of nitrogens with zero attached hydrogens (tertiary/aromatic N) is 1. The van der Waals surface area contributed by atoms with Crippen LogP contribution in [0.4, 0.5) is 4.39 Å². The van der Waals surface area contributed by atoms with Crippen molar-refractivity contribution in [2.45, 2.75) is 6.04 Å². The van der Waals surface area contributed by atoms with Crippen LogP contribution in [-0.2, 0) is 0 Å². The Morgan fingerprint density at radius 3 is 2.76 bits per heavy atom. The third kappa shape index (κ3) is 2.83. The number of pyridine rings is 1. The van der Waals surface area contributed by atoms with Crippen LogP contribution in [0.2, 0.25) is 0 Å². The summed E-state index contributed by atoms with van der Waals surface area (Å²) in [7, 11) is 0. The zero-order valence-electron chi connectivity index (χ0n) is 8.70. The minimum atomic E-state index is -0.498. The lowest BCUT2D eigenvalue weighted by atomic mass is 10.0. The summed E-state index contributed by atoms with van der Waals surface area (Å²) in [6.07, 6.45) is 2.72. The number of hydrogen-bond acceptors (Lipinski definition) is 2. The van der Waals surface area contributed by atoms with Crippen LogP contribution >= 0.6 is 38.5 Å². The van der Waals surface area contributed by atoms with E-state index in [1.807, 2.05) is 18.2 Å².